The van der Waals surface area contributed by atoms with Crippen molar-refractivity contribution in [2.75, 3.05) is 0 Å². The molecule has 0 atom stereocenters. The van der Waals surface area contributed by atoms with Gasteiger partial charge in [0.15, 0.2) is 0 Å². The molecule has 0 bridgehead atoms. The summed E-state index contributed by atoms with van der Waals surface area (Å²) in [5.41, 5.74) is 0.993. The maximum atomic E-state index is 12.9. The molecule has 76 valence electrons. The molecule has 0 saturated heterocycles. The fourth-order valence-corrected chi connectivity index (χ4v) is 2.05. The number of thiophene rings is 1. The van der Waals surface area contributed by atoms with Gasteiger partial charge in [0.1, 0.15) is 5.82 Å². The molecule has 2 aromatic rings. The number of hydrogen-bond donors (Lipinski definition) is 0. The zero-order valence-electron chi connectivity index (χ0n) is 7.51. The highest BCUT2D eigenvalue weighted by atomic mass is 32.1. The molecule has 0 saturated carbocycles. The van der Waals surface area contributed by atoms with Crippen LogP contribution in [-0.4, -0.2) is 4.92 Å². The van der Waals surface area contributed by atoms with E-state index in [2.05, 4.69) is 0 Å². The highest BCUT2D eigenvalue weighted by molar-refractivity contribution is 7.13. The lowest BCUT2D eigenvalue weighted by atomic mass is 10.1. The van der Waals surface area contributed by atoms with Crippen molar-refractivity contribution in [2.45, 2.75) is 0 Å². The fourth-order valence-electron chi connectivity index (χ4n) is 1.32. The van der Waals surface area contributed by atoms with Crippen molar-refractivity contribution in [1.82, 2.24) is 0 Å². The Morgan fingerprint density at radius 2 is 2.13 bits per heavy atom. The number of halogens is 1. The number of nitrogens with zero attached hydrogens (tertiary/aromatic N) is 1. The van der Waals surface area contributed by atoms with Crippen molar-refractivity contribution in [3.8, 4) is 11.1 Å². The Labute approximate surface area is 88.9 Å². The first-order valence-corrected chi connectivity index (χ1v) is 5.04. The maximum Gasteiger partial charge on any atom is 0.331 e. The Morgan fingerprint density at radius 3 is 2.80 bits per heavy atom. The molecule has 0 N–H and O–H groups in total. The number of rotatable bonds is 2. The van der Waals surface area contributed by atoms with E-state index in [-0.39, 0.29) is 5.00 Å². The van der Waals surface area contributed by atoms with Crippen molar-refractivity contribution in [3.05, 3.63) is 51.6 Å². The van der Waals surface area contributed by atoms with Crippen LogP contribution in [0.3, 0.4) is 0 Å². The Balaban J connectivity index is 2.54. The van der Waals surface area contributed by atoms with Gasteiger partial charge in [0.25, 0.3) is 0 Å². The Bertz CT molecular complexity index is 510. The Hall–Kier alpha value is -1.75. The molecule has 0 aliphatic carbocycles. The first kappa shape index (κ1) is 9.79. The normalized spacial score (nSPS) is 10.2. The molecule has 15 heavy (non-hydrogen) atoms. The summed E-state index contributed by atoms with van der Waals surface area (Å²) >= 11 is 1.04. The molecule has 0 amide bonds. The van der Waals surface area contributed by atoms with Crippen LogP contribution in [0.2, 0.25) is 0 Å². The topological polar surface area (TPSA) is 43.1 Å². The van der Waals surface area contributed by atoms with E-state index in [0.29, 0.717) is 11.1 Å². The van der Waals surface area contributed by atoms with E-state index in [1.165, 1.54) is 18.2 Å². The SMILES string of the molecule is O=[N+]([O-])c1sccc1-c1cccc(F)c1. The largest absolute Gasteiger partial charge is 0.331 e. The smallest absolute Gasteiger partial charge is 0.258 e. The molecule has 0 fully saturated rings. The van der Waals surface area contributed by atoms with Crippen LogP contribution in [0.5, 0.6) is 0 Å². The van der Waals surface area contributed by atoms with Crippen LogP contribution in [0.15, 0.2) is 35.7 Å². The molecular formula is C10H6FNO2S. The van der Waals surface area contributed by atoms with E-state index in [4.69, 9.17) is 0 Å². The molecule has 3 nitrogen and oxygen atoms in total. The molecule has 0 aliphatic rings. The minimum absolute atomic E-state index is 0.0422. The van der Waals surface area contributed by atoms with Crippen LogP contribution < -0.4 is 0 Å². The van der Waals surface area contributed by atoms with Gasteiger partial charge in [0.05, 0.1) is 10.5 Å². The Morgan fingerprint density at radius 1 is 1.33 bits per heavy atom. The minimum atomic E-state index is -0.453. The van der Waals surface area contributed by atoms with Gasteiger partial charge < -0.3 is 0 Å². The summed E-state index contributed by atoms with van der Waals surface area (Å²) in [6, 6.07) is 7.40. The monoisotopic (exact) mass is 223 g/mol. The molecular weight excluding hydrogens is 217 g/mol. The molecule has 0 radical (unpaired) electrons. The third-order valence-corrected chi connectivity index (χ3v) is 2.81. The summed E-state index contributed by atoms with van der Waals surface area (Å²) in [4.78, 5) is 10.2. The molecule has 2 rings (SSSR count). The average molecular weight is 223 g/mol. The van der Waals surface area contributed by atoms with E-state index in [1.54, 1.807) is 17.5 Å². The molecule has 5 heteroatoms. The van der Waals surface area contributed by atoms with Crippen LogP contribution in [0.4, 0.5) is 9.39 Å². The van der Waals surface area contributed by atoms with Gasteiger partial charge >= 0.3 is 5.00 Å². The summed E-state index contributed by atoms with van der Waals surface area (Å²) in [5.74, 6) is -0.395. The predicted octanol–water partition coefficient (Wildman–Crippen LogP) is 3.46. The third-order valence-electron chi connectivity index (χ3n) is 1.95. The second kappa shape index (κ2) is 3.78. The van der Waals surface area contributed by atoms with Crippen LogP contribution in [-0.2, 0) is 0 Å². The standard InChI is InChI=1S/C10H6FNO2S/c11-8-3-1-2-7(6-8)9-4-5-15-10(9)12(13)14/h1-6H. The van der Waals surface area contributed by atoms with Crippen LogP contribution in [0.25, 0.3) is 11.1 Å². The summed E-state index contributed by atoms with van der Waals surface area (Å²) in [5, 5.41) is 12.3. The van der Waals surface area contributed by atoms with Gasteiger partial charge in [0, 0.05) is 0 Å². The van der Waals surface area contributed by atoms with Crippen molar-refractivity contribution in [1.29, 1.82) is 0 Å². The van der Waals surface area contributed by atoms with Gasteiger partial charge in [-0.3, -0.25) is 10.1 Å². The molecule has 0 aliphatic heterocycles. The van der Waals surface area contributed by atoms with Crippen molar-refractivity contribution >= 4 is 16.3 Å². The van der Waals surface area contributed by atoms with E-state index in [1.807, 2.05) is 0 Å². The zero-order chi connectivity index (χ0) is 10.8. The second-order valence-corrected chi connectivity index (χ2v) is 3.80. The zero-order valence-corrected chi connectivity index (χ0v) is 8.33. The highest BCUT2D eigenvalue weighted by Crippen LogP contribution is 2.34. The lowest BCUT2D eigenvalue weighted by Gasteiger charge is -1.97. The second-order valence-electron chi connectivity index (χ2n) is 2.91. The summed E-state index contributed by atoms with van der Waals surface area (Å²) < 4.78 is 12.9. The van der Waals surface area contributed by atoms with Gasteiger partial charge in [0.2, 0.25) is 0 Å². The molecule has 1 aromatic heterocycles. The van der Waals surface area contributed by atoms with Crippen LogP contribution >= 0.6 is 11.3 Å². The highest BCUT2D eigenvalue weighted by Gasteiger charge is 2.16. The third kappa shape index (κ3) is 1.87. The van der Waals surface area contributed by atoms with E-state index >= 15 is 0 Å². The quantitative estimate of drug-likeness (QED) is 0.578. The first-order valence-electron chi connectivity index (χ1n) is 4.16. The lowest BCUT2D eigenvalue weighted by molar-refractivity contribution is -0.379. The van der Waals surface area contributed by atoms with Crippen molar-refractivity contribution < 1.29 is 9.31 Å². The average Bonchev–Trinajstić information content (AvgIpc) is 2.65. The van der Waals surface area contributed by atoms with Gasteiger partial charge in [-0.25, -0.2) is 4.39 Å². The summed E-state index contributed by atoms with van der Waals surface area (Å²) in [6.45, 7) is 0. The van der Waals surface area contributed by atoms with Gasteiger partial charge in [-0.2, -0.15) is 0 Å². The number of hydrogen-bond acceptors (Lipinski definition) is 3. The predicted molar refractivity (Wildman–Crippen MR) is 56.4 cm³/mol. The molecule has 0 unspecified atom stereocenters. The Kier molecular flexibility index (Phi) is 2.47. The van der Waals surface area contributed by atoms with E-state index in [0.717, 1.165) is 11.3 Å². The van der Waals surface area contributed by atoms with Crippen molar-refractivity contribution in [2.24, 2.45) is 0 Å². The molecule has 1 heterocycles. The molecule has 1 aromatic carbocycles. The van der Waals surface area contributed by atoms with Gasteiger partial charge in [-0.1, -0.05) is 23.5 Å². The lowest BCUT2D eigenvalue weighted by Crippen LogP contribution is -1.87. The minimum Gasteiger partial charge on any atom is -0.258 e. The van der Waals surface area contributed by atoms with Crippen molar-refractivity contribution in [3.63, 3.8) is 0 Å². The van der Waals surface area contributed by atoms with Gasteiger partial charge in [-0.05, 0) is 29.1 Å². The number of benzene rings is 1. The summed E-state index contributed by atoms with van der Waals surface area (Å²) in [6.07, 6.45) is 0. The van der Waals surface area contributed by atoms with Crippen LogP contribution in [0, 0.1) is 15.9 Å². The maximum absolute atomic E-state index is 12.9. The van der Waals surface area contributed by atoms with Gasteiger partial charge in [-0.15, -0.1) is 0 Å². The summed E-state index contributed by atoms with van der Waals surface area (Å²) in [7, 11) is 0. The molecule has 0 spiro atoms. The van der Waals surface area contributed by atoms with Crippen LogP contribution in [0.1, 0.15) is 0 Å². The van der Waals surface area contributed by atoms with E-state index < -0.39 is 10.7 Å². The first-order chi connectivity index (χ1) is 7.18. The number of nitro groups is 1. The van der Waals surface area contributed by atoms with E-state index in [9.17, 15) is 14.5 Å². The fraction of sp³-hybridized carbons (Fsp3) is 0.